The molecule has 0 unspecified atom stereocenters. The van der Waals surface area contributed by atoms with Crippen molar-refractivity contribution in [2.45, 2.75) is 25.4 Å². The highest BCUT2D eigenvalue weighted by Crippen LogP contribution is 2.21. The minimum absolute atomic E-state index is 0.174. The molecule has 0 bridgehead atoms. The molecule has 112 valence electrons. The van der Waals surface area contributed by atoms with Crippen LogP contribution in [-0.2, 0) is 22.5 Å². The molecule has 1 aromatic carbocycles. The molecule has 3 N–H and O–H groups in total. The van der Waals surface area contributed by atoms with E-state index in [2.05, 4.69) is 10.3 Å². The Labute approximate surface area is 122 Å². The number of carbonyl (C=O) groups excluding carboxylic acids is 1. The van der Waals surface area contributed by atoms with Crippen LogP contribution in [0.5, 0.6) is 5.75 Å². The van der Waals surface area contributed by atoms with Crippen molar-refractivity contribution in [2.24, 2.45) is 5.73 Å². The number of rotatable bonds is 6. The van der Waals surface area contributed by atoms with Crippen molar-refractivity contribution < 1.29 is 14.6 Å². The molecule has 0 aliphatic rings. The Morgan fingerprint density at radius 1 is 1.43 bits per heavy atom. The van der Waals surface area contributed by atoms with Crippen LogP contribution in [0.2, 0.25) is 0 Å². The van der Waals surface area contributed by atoms with E-state index in [1.165, 1.54) is 7.11 Å². The van der Waals surface area contributed by atoms with Crippen molar-refractivity contribution in [2.75, 3.05) is 7.11 Å². The molecule has 2 aromatic rings. The highest BCUT2D eigenvalue weighted by molar-refractivity contribution is 5.69. The molecule has 0 fully saturated rings. The Bertz CT molecular complexity index is 595. The predicted octanol–water partition coefficient (Wildman–Crippen LogP) is 0.789. The van der Waals surface area contributed by atoms with Gasteiger partial charge in [-0.2, -0.15) is 0 Å². The Balaban J connectivity index is 2.23. The van der Waals surface area contributed by atoms with Gasteiger partial charge in [-0.05, 0) is 24.1 Å². The summed E-state index contributed by atoms with van der Waals surface area (Å²) in [7, 11) is 1.35. The van der Waals surface area contributed by atoms with Gasteiger partial charge in [0.05, 0.1) is 31.5 Å². The molecule has 7 heteroatoms. The molecule has 1 atom stereocenters. The van der Waals surface area contributed by atoms with E-state index in [-0.39, 0.29) is 24.2 Å². The van der Waals surface area contributed by atoms with Gasteiger partial charge in [0.1, 0.15) is 5.75 Å². The van der Waals surface area contributed by atoms with E-state index in [0.717, 1.165) is 11.3 Å². The van der Waals surface area contributed by atoms with Crippen LogP contribution in [0.25, 0.3) is 0 Å². The van der Waals surface area contributed by atoms with Crippen molar-refractivity contribution in [3.8, 4) is 5.75 Å². The second-order valence-electron chi connectivity index (χ2n) is 4.68. The monoisotopic (exact) mass is 290 g/mol. The van der Waals surface area contributed by atoms with Gasteiger partial charge in [-0.25, -0.2) is 4.68 Å². The molecule has 0 aliphatic heterocycles. The molecule has 21 heavy (non-hydrogen) atoms. The van der Waals surface area contributed by atoms with Crippen LogP contribution in [-0.4, -0.2) is 33.2 Å². The zero-order chi connectivity index (χ0) is 15.2. The standard InChI is InChI=1S/C14H18N4O3/c1-21-14(20)7-11(18-12(8-15)9-16-17-18)6-10-2-4-13(19)5-3-10/h2-5,9,11,19H,6-8,15H2,1H3/t11-/m0/s1. The SMILES string of the molecule is COC(=O)C[C@H](Cc1ccc(O)cc1)n1nncc1CN. The summed E-state index contributed by atoms with van der Waals surface area (Å²) in [5.74, 6) is -0.121. The highest BCUT2D eigenvalue weighted by atomic mass is 16.5. The number of carbonyl (C=O) groups is 1. The Morgan fingerprint density at radius 3 is 2.76 bits per heavy atom. The van der Waals surface area contributed by atoms with Gasteiger partial charge in [0.25, 0.3) is 0 Å². The highest BCUT2D eigenvalue weighted by Gasteiger charge is 2.20. The lowest BCUT2D eigenvalue weighted by Gasteiger charge is -2.18. The molecule has 7 nitrogen and oxygen atoms in total. The second-order valence-corrected chi connectivity index (χ2v) is 4.68. The van der Waals surface area contributed by atoms with Crippen LogP contribution in [0, 0.1) is 0 Å². The fourth-order valence-electron chi connectivity index (χ4n) is 2.14. The average Bonchev–Trinajstić information content (AvgIpc) is 2.97. The summed E-state index contributed by atoms with van der Waals surface area (Å²) in [6.07, 6.45) is 2.32. The van der Waals surface area contributed by atoms with Gasteiger partial charge in [0.15, 0.2) is 0 Å². The normalized spacial score (nSPS) is 12.1. The maximum Gasteiger partial charge on any atom is 0.307 e. The second kappa shape index (κ2) is 6.85. The fraction of sp³-hybridized carbons (Fsp3) is 0.357. The summed E-state index contributed by atoms with van der Waals surface area (Å²) in [5, 5.41) is 17.2. The first-order chi connectivity index (χ1) is 10.1. The number of phenols is 1. The van der Waals surface area contributed by atoms with Crippen LogP contribution in [0.3, 0.4) is 0 Å². The molecule has 1 heterocycles. The first kappa shape index (κ1) is 15.0. The van der Waals surface area contributed by atoms with E-state index < -0.39 is 0 Å². The van der Waals surface area contributed by atoms with Gasteiger partial charge in [-0.3, -0.25) is 4.79 Å². The Kier molecular flexibility index (Phi) is 4.89. The van der Waals surface area contributed by atoms with Gasteiger partial charge in [0, 0.05) is 6.54 Å². The zero-order valence-electron chi connectivity index (χ0n) is 11.8. The van der Waals surface area contributed by atoms with E-state index in [0.29, 0.717) is 13.0 Å². The van der Waals surface area contributed by atoms with Crippen LogP contribution in [0.4, 0.5) is 0 Å². The predicted molar refractivity (Wildman–Crippen MR) is 75.4 cm³/mol. The summed E-state index contributed by atoms with van der Waals surface area (Å²) >= 11 is 0. The summed E-state index contributed by atoms with van der Waals surface area (Å²) in [4.78, 5) is 11.6. The first-order valence-corrected chi connectivity index (χ1v) is 6.58. The van der Waals surface area contributed by atoms with E-state index in [9.17, 15) is 9.90 Å². The number of esters is 1. The van der Waals surface area contributed by atoms with Crippen molar-refractivity contribution in [3.63, 3.8) is 0 Å². The number of methoxy groups -OCH3 is 1. The maximum absolute atomic E-state index is 11.6. The molecule has 0 saturated heterocycles. The minimum Gasteiger partial charge on any atom is -0.508 e. The number of phenolic OH excluding ortho intramolecular Hbond substituents is 1. The van der Waals surface area contributed by atoms with Crippen molar-refractivity contribution in [3.05, 3.63) is 41.7 Å². The minimum atomic E-state index is -0.322. The number of hydrogen-bond acceptors (Lipinski definition) is 6. The lowest BCUT2D eigenvalue weighted by atomic mass is 10.0. The van der Waals surface area contributed by atoms with Gasteiger partial charge in [-0.1, -0.05) is 17.3 Å². The molecule has 0 amide bonds. The number of aromatic hydroxyl groups is 1. The molecule has 0 spiro atoms. The van der Waals surface area contributed by atoms with Crippen molar-refractivity contribution in [1.82, 2.24) is 15.0 Å². The molecule has 0 radical (unpaired) electrons. The Morgan fingerprint density at radius 2 is 2.14 bits per heavy atom. The number of hydrogen-bond donors (Lipinski definition) is 2. The Hall–Kier alpha value is -2.41. The van der Waals surface area contributed by atoms with Gasteiger partial charge >= 0.3 is 5.97 Å². The number of nitrogens with zero attached hydrogens (tertiary/aromatic N) is 3. The summed E-state index contributed by atoms with van der Waals surface area (Å²) in [6, 6.07) is 6.59. The number of benzene rings is 1. The number of ether oxygens (including phenoxy) is 1. The van der Waals surface area contributed by atoms with E-state index in [1.54, 1.807) is 35.1 Å². The van der Waals surface area contributed by atoms with Gasteiger partial charge < -0.3 is 15.6 Å². The van der Waals surface area contributed by atoms with Crippen molar-refractivity contribution >= 4 is 5.97 Å². The third kappa shape index (κ3) is 3.79. The van der Waals surface area contributed by atoms with Crippen LogP contribution in [0.15, 0.2) is 30.5 Å². The third-order valence-corrected chi connectivity index (χ3v) is 3.24. The van der Waals surface area contributed by atoms with Gasteiger partial charge in [-0.15, -0.1) is 5.10 Å². The lowest BCUT2D eigenvalue weighted by Crippen LogP contribution is -2.21. The molecule has 0 saturated carbocycles. The molecular formula is C14H18N4O3. The summed E-state index contributed by atoms with van der Waals surface area (Å²) in [6.45, 7) is 0.292. The number of aromatic nitrogens is 3. The van der Waals surface area contributed by atoms with Crippen LogP contribution >= 0.6 is 0 Å². The molecular weight excluding hydrogens is 272 g/mol. The zero-order valence-corrected chi connectivity index (χ0v) is 11.8. The molecule has 0 aliphatic carbocycles. The van der Waals surface area contributed by atoms with Crippen LogP contribution in [0.1, 0.15) is 23.7 Å². The molecule has 1 aromatic heterocycles. The average molecular weight is 290 g/mol. The lowest BCUT2D eigenvalue weighted by molar-refractivity contribution is -0.141. The quantitative estimate of drug-likeness (QED) is 0.762. The molecule has 2 rings (SSSR count). The fourth-order valence-corrected chi connectivity index (χ4v) is 2.14. The summed E-state index contributed by atoms with van der Waals surface area (Å²) < 4.78 is 6.39. The third-order valence-electron chi connectivity index (χ3n) is 3.24. The smallest absolute Gasteiger partial charge is 0.307 e. The van der Waals surface area contributed by atoms with E-state index in [1.807, 2.05) is 0 Å². The van der Waals surface area contributed by atoms with E-state index in [4.69, 9.17) is 10.5 Å². The summed E-state index contributed by atoms with van der Waals surface area (Å²) in [5.41, 5.74) is 7.38. The largest absolute Gasteiger partial charge is 0.508 e. The van der Waals surface area contributed by atoms with Gasteiger partial charge in [0.2, 0.25) is 0 Å². The van der Waals surface area contributed by atoms with Crippen LogP contribution < -0.4 is 5.73 Å². The van der Waals surface area contributed by atoms with Crippen molar-refractivity contribution in [1.29, 1.82) is 0 Å². The topological polar surface area (TPSA) is 103 Å². The first-order valence-electron chi connectivity index (χ1n) is 6.58. The number of nitrogens with two attached hydrogens (primary N) is 1. The van der Waals surface area contributed by atoms with E-state index >= 15 is 0 Å². The maximum atomic E-state index is 11.6.